The smallest absolute Gasteiger partial charge is 0.160 e. The van der Waals surface area contributed by atoms with Crippen molar-refractivity contribution in [2.75, 3.05) is 6.26 Å². The van der Waals surface area contributed by atoms with Crippen LogP contribution < -0.4 is 0 Å². The van der Waals surface area contributed by atoms with Crippen LogP contribution in [0.2, 0.25) is 5.02 Å². The van der Waals surface area contributed by atoms with Gasteiger partial charge in [0.05, 0.1) is 10.9 Å². The number of hydrogen-bond donors (Lipinski definition) is 0. The van der Waals surface area contributed by atoms with Crippen molar-refractivity contribution < 1.29 is 0 Å². The number of halogens is 2. The van der Waals surface area contributed by atoms with Crippen LogP contribution in [-0.2, 0) is 12.4 Å². The summed E-state index contributed by atoms with van der Waals surface area (Å²) >= 11 is 13.9. The molecule has 0 bridgehead atoms. The second-order valence-electron chi connectivity index (χ2n) is 4.63. The zero-order chi connectivity index (χ0) is 12.8. The van der Waals surface area contributed by atoms with Crippen molar-refractivity contribution >= 4 is 46.1 Å². The Morgan fingerprint density at radius 2 is 2.28 bits per heavy atom. The van der Waals surface area contributed by atoms with Gasteiger partial charge in [0.25, 0.3) is 0 Å². The van der Waals surface area contributed by atoms with Crippen LogP contribution >= 0.6 is 35.0 Å². The fourth-order valence-corrected chi connectivity index (χ4v) is 3.28. The SMILES string of the molecule is CSC1(Cn2c(CCl)nc3cc(Cl)cnc32)CC1. The monoisotopic (exact) mass is 301 g/mol. The van der Waals surface area contributed by atoms with Gasteiger partial charge in [0.1, 0.15) is 11.3 Å². The quantitative estimate of drug-likeness (QED) is 0.807. The molecule has 1 aliphatic carbocycles. The summed E-state index contributed by atoms with van der Waals surface area (Å²) in [6.45, 7) is 0.932. The van der Waals surface area contributed by atoms with E-state index in [4.69, 9.17) is 23.2 Å². The number of pyridine rings is 1. The van der Waals surface area contributed by atoms with Crippen LogP contribution in [-0.4, -0.2) is 25.5 Å². The molecule has 3 nitrogen and oxygen atoms in total. The Morgan fingerprint density at radius 1 is 1.50 bits per heavy atom. The molecule has 3 rings (SSSR count). The Morgan fingerprint density at radius 3 is 2.89 bits per heavy atom. The van der Waals surface area contributed by atoms with Crippen molar-refractivity contribution in [3.8, 4) is 0 Å². The van der Waals surface area contributed by atoms with Crippen molar-refractivity contribution in [3.63, 3.8) is 0 Å². The second kappa shape index (κ2) is 4.58. The predicted octanol–water partition coefficient (Wildman–Crippen LogP) is 3.72. The molecule has 1 saturated carbocycles. The Bertz CT molecular complexity index is 592. The summed E-state index contributed by atoms with van der Waals surface area (Å²) in [4.78, 5) is 8.91. The highest BCUT2D eigenvalue weighted by atomic mass is 35.5. The van der Waals surface area contributed by atoms with Gasteiger partial charge < -0.3 is 4.57 Å². The van der Waals surface area contributed by atoms with E-state index in [-0.39, 0.29) is 0 Å². The molecule has 96 valence electrons. The molecule has 1 fully saturated rings. The number of alkyl halides is 1. The highest BCUT2D eigenvalue weighted by Gasteiger charge is 2.42. The fraction of sp³-hybridized carbons (Fsp3) is 0.500. The largest absolute Gasteiger partial charge is 0.310 e. The standard InChI is InChI=1S/C12H13Cl2N3S/c1-18-12(2-3-12)7-17-10(5-13)16-9-4-8(14)6-15-11(9)17/h4,6H,2-3,5,7H2,1H3. The van der Waals surface area contributed by atoms with E-state index in [0.717, 1.165) is 23.5 Å². The molecule has 0 radical (unpaired) electrons. The number of imidazole rings is 1. The molecule has 0 aromatic carbocycles. The molecule has 2 aromatic rings. The van der Waals surface area contributed by atoms with E-state index in [1.165, 1.54) is 12.8 Å². The van der Waals surface area contributed by atoms with Crippen molar-refractivity contribution in [3.05, 3.63) is 23.1 Å². The van der Waals surface area contributed by atoms with Gasteiger partial charge >= 0.3 is 0 Å². The van der Waals surface area contributed by atoms with E-state index < -0.39 is 0 Å². The highest BCUT2D eigenvalue weighted by molar-refractivity contribution is 8.00. The first-order valence-electron chi connectivity index (χ1n) is 5.79. The van der Waals surface area contributed by atoms with Crippen LogP contribution in [0.4, 0.5) is 0 Å². The zero-order valence-electron chi connectivity index (χ0n) is 9.99. The molecule has 0 aliphatic heterocycles. The van der Waals surface area contributed by atoms with Crippen LogP contribution in [0.1, 0.15) is 18.7 Å². The first-order chi connectivity index (χ1) is 8.67. The maximum Gasteiger partial charge on any atom is 0.160 e. The van der Waals surface area contributed by atoms with E-state index in [2.05, 4.69) is 20.8 Å². The Hall–Kier alpha value is -0.450. The third kappa shape index (κ3) is 2.10. The average molecular weight is 302 g/mol. The second-order valence-corrected chi connectivity index (χ2v) is 6.61. The lowest BCUT2D eigenvalue weighted by atomic mass is 10.4. The minimum atomic E-state index is 0.357. The van der Waals surface area contributed by atoms with E-state index in [1.807, 2.05) is 17.8 Å². The Kier molecular flexibility index (Phi) is 3.20. The molecule has 0 saturated heterocycles. The van der Waals surface area contributed by atoms with Gasteiger partial charge in [-0.05, 0) is 25.2 Å². The van der Waals surface area contributed by atoms with E-state index in [1.54, 1.807) is 6.20 Å². The fourth-order valence-electron chi connectivity index (χ4n) is 2.16. The Labute approximate surface area is 120 Å². The number of fused-ring (bicyclic) bond motifs is 1. The van der Waals surface area contributed by atoms with E-state index in [9.17, 15) is 0 Å². The third-order valence-electron chi connectivity index (χ3n) is 3.44. The summed E-state index contributed by atoms with van der Waals surface area (Å²) in [6.07, 6.45) is 6.34. The van der Waals surface area contributed by atoms with E-state index >= 15 is 0 Å². The molecular formula is C12H13Cl2N3S. The summed E-state index contributed by atoms with van der Waals surface area (Å²) in [5.74, 6) is 1.28. The van der Waals surface area contributed by atoms with Gasteiger partial charge in [-0.3, -0.25) is 0 Å². The summed E-state index contributed by atoms with van der Waals surface area (Å²) in [5.41, 5.74) is 1.71. The molecule has 2 heterocycles. The molecule has 2 aromatic heterocycles. The molecule has 0 atom stereocenters. The normalized spacial score (nSPS) is 17.3. The zero-order valence-corrected chi connectivity index (χ0v) is 12.3. The minimum Gasteiger partial charge on any atom is -0.310 e. The number of rotatable bonds is 4. The van der Waals surface area contributed by atoms with Gasteiger partial charge in [-0.25, -0.2) is 9.97 Å². The first-order valence-corrected chi connectivity index (χ1v) is 7.93. The van der Waals surface area contributed by atoms with Crippen LogP contribution in [0.3, 0.4) is 0 Å². The molecule has 0 unspecified atom stereocenters. The van der Waals surface area contributed by atoms with Crippen molar-refractivity contribution in [1.82, 2.24) is 14.5 Å². The summed E-state index contributed by atoms with van der Waals surface area (Å²) in [7, 11) is 0. The molecule has 6 heteroatoms. The lowest BCUT2D eigenvalue weighted by Gasteiger charge is -2.14. The maximum atomic E-state index is 5.98. The predicted molar refractivity (Wildman–Crippen MR) is 77.6 cm³/mol. The average Bonchev–Trinajstić information content (AvgIpc) is 3.07. The lowest BCUT2D eigenvalue weighted by molar-refractivity contribution is 0.650. The van der Waals surface area contributed by atoms with Crippen LogP contribution in [0, 0.1) is 0 Å². The molecule has 1 aliphatic rings. The van der Waals surface area contributed by atoms with Crippen LogP contribution in [0.15, 0.2) is 12.3 Å². The first kappa shape index (κ1) is 12.6. The number of nitrogens with zero attached hydrogens (tertiary/aromatic N) is 3. The van der Waals surface area contributed by atoms with Crippen molar-refractivity contribution in [2.45, 2.75) is 30.0 Å². The van der Waals surface area contributed by atoms with Gasteiger partial charge in [0, 0.05) is 17.5 Å². The third-order valence-corrected chi connectivity index (χ3v) is 5.29. The van der Waals surface area contributed by atoms with Gasteiger partial charge in [0.15, 0.2) is 5.65 Å². The van der Waals surface area contributed by atoms with Gasteiger partial charge in [-0.15, -0.1) is 11.6 Å². The van der Waals surface area contributed by atoms with Crippen LogP contribution in [0.25, 0.3) is 11.2 Å². The summed E-state index contributed by atoms with van der Waals surface area (Å²) < 4.78 is 2.50. The van der Waals surface area contributed by atoms with E-state index in [0.29, 0.717) is 15.6 Å². The van der Waals surface area contributed by atoms with Crippen LogP contribution in [0.5, 0.6) is 0 Å². The van der Waals surface area contributed by atoms with Gasteiger partial charge in [-0.1, -0.05) is 11.6 Å². The molecule has 18 heavy (non-hydrogen) atoms. The number of thioether (sulfide) groups is 1. The maximum absolute atomic E-state index is 5.98. The number of aromatic nitrogens is 3. The minimum absolute atomic E-state index is 0.357. The highest BCUT2D eigenvalue weighted by Crippen LogP contribution is 2.49. The van der Waals surface area contributed by atoms with Crippen molar-refractivity contribution in [2.24, 2.45) is 0 Å². The summed E-state index contributed by atoms with van der Waals surface area (Å²) in [5, 5.41) is 0.610. The topological polar surface area (TPSA) is 30.7 Å². The molecule has 0 spiro atoms. The Balaban J connectivity index is 2.08. The summed E-state index contributed by atoms with van der Waals surface area (Å²) in [6, 6.07) is 1.84. The lowest BCUT2D eigenvalue weighted by Crippen LogP contribution is -2.15. The van der Waals surface area contributed by atoms with Gasteiger partial charge in [-0.2, -0.15) is 11.8 Å². The van der Waals surface area contributed by atoms with Crippen molar-refractivity contribution in [1.29, 1.82) is 0 Å². The molecule has 0 N–H and O–H groups in total. The molecule has 0 amide bonds. The molecular weight excluding hydrogens is 289 g/mol. The number of hydrogen-bond acceptors (Lipinski definition) is 3. The van der Waals surface area contributed by atoms with Gasteiger partial charge in [0.2, 0.25) is 0 Å².